The fourth-order valence-corrected chi connectivity index (χ4v) is 1.70. The SMILES string of the molecule is Cc1oc(COCCC(C)(C)C)cc1CNC(C)C. The van der Waals surface area contributed by atoms with Gasteiger partial charge in [0.15, 0.2) is 0 Å². The maximum atomic E-state index is 5.71. The molecule has 0 fully saturated rings. The van der Waals surface area contributed by atoms with Gasteiger partial charge in [-0.05, 0) is 24.8 Å². The number of hydrogen-bond donors (Lipinski definition) is 1. The molecule has 0 bridgehead atoms. The zero-order chi connectivity index (χ0) is 14.5. The van der Waals surface area contributed by atoms with Gasteiger partial charge in [-0.2, -0.15) is 0 Å². The summed E-state index contributed by atoms with van der Waals surface area (Å²) in [5.41, 5.74) is 1.55. The second kappa shape index (κ2) is 7.11. The molecule has 1 heterocycles. The van der Waals surface area contributed by atoms with E-state index in [-0.39, 0.29) is 0 Å². The number of aryl methyl sites for hydroxylation is 1. The van der Waals surface area contributed by atoms with E-state index < -0.39 is 0 Å². The van der Waals surface area contributed by atoms with E-state index in [1.165, 1.54) is 5.56 Å². The maximum Gasteiger partial charge on any atom is 0.130 e. The van der Waals surface area contributed by atoms with Gasteiger partial charge < -0.3 is 14.5 Å². The quantitative estimate of drug-likeness (QED) is 0.757. The van der Waals surface area contributed by atoms with E-state index in [0.29, 0.717) is 18.1 Å². The van der Waals surface area contributed by atoms with Crippen LogP contribution in [0.25, 0.3) is 0 Å². The summed E-state index contributed by atoms with van der Waals surface area (Å²) in [5, 5.41) is 3.40. The number of ether oxygens (including phenoxy) is 1. The number of nitrogens with one attached hydrogen (secondary N) is 1. The molecule has 1 rings (SSSR count). The van der Waals surface area contributed by atoms with Crippen molar-refractivity contribution in [1.29, 1.82) is 0 Å². The smallest absolute Gasteiger partial charge is 0.130 e. The third kappa shape index (κ3) is 6.79. The Balaban J connectivity index is 2.37. The van der Waals surface area contributed by atoms with Gasteiger partial charge >= 0.3 is 0 Å². The average molecular weight is 267 g/mol. The lowest BCUT2D eigenvalue weighted by atomic mass is 9.93. The summed E-state index contributed by atoms with van der Waals surface area (Å²) in [6.45, 7) is 15.2. The van der Waals surface area contributed by atoms with Crippen LogP contribution >= 0.6 is 0 Å². The molecule has 0 amide bonds. The minimum atomic E-state index is 0.325. The Morgan fingerprint density at radius 3 is 2.58 bits per heavy atom. The predicted molar refractivity (Wildman–Crippen MR) is 79.1 cm³/mol. The van der Waals surface area contributed by atoms with E-state index in [1.807, 2.05) is 6.92 Å². The molecule has 1 aromatic rings. The fourth-order valence-electron chi connectivity index (χ4n) is 1.70. The average Bonchev–Trinajstić information content (AvgIpc) is 2.61. The van der Waals surface area contributed by atoms with Gasteiger partial charge in [0.05, 0.1) is 0 Å². The van der Waals surface area contributed by atoms with Crippen LogP contribution in [0, 0.1) is 12.3 Å². The van der Waals surface area contributed by atoms with Gasteiger partial charge in [-0.25, -0.2) is 0 Å². The molecule has 19 heavy (non-hydrogen) atoms. The van der Waals surface area contributed by atoms with Crippen molar-refractivity contribution in [3.8, 4) is 0 Å². The molecular formula is C16H29NO2. The first-order valence-electron chi connectivity index (χ1n) is 7.17. The van der Waals surface area contributed by atoms with Crippen LogP contribution in [0.3, 0.4) is 0 Å². The van der Waals surface area contributed by atoms with Crippen molar-refractivity contribution in [3.05, 3.63) is 23.2 Å². The molecule has 0 unspecified atom stereocenters. The minimum absolute atomic E-state index is 0.325. The van der Waals surface area contributed by atoms with Crippen molar-refractivity contribution in [2.45, 2.75) is 67.2 Å². The molecular weight excluding hydrogens is 238 g/mol. The molecule has 0 saturated heterocycles. The Kier molecular flexibility index (Phi) is 6.08. The zero-order valence-corrected chi connectivity index (χ0v) is 13.3. The van der Waals surface area contributed by atoms with E-state index >= 15 is 0 Å². The fraction of sp³-hybridized carbons (Fsp3) is 0.750. The van der Waals surface area contributed by atoms with E-state index in [1.54, 1.807) is 0 Å². The third-order valence-corrected chi connectivity index (χ3v) is 3.01. The predicted octanol–water partition coefficient (Wildman–Crippen LogP) is 4.04. The number of furan rings is 1. The van der Waals surface area contributed by atoms with Crippen LogP contribution < -0.4 is 5.32 Å². The van der Waals surface area contributed by atoms with Crippen molar-refractivity contribution < 1.29 is 9.15 Å². The molecule has 1 aromatic heterocycles. The van der Waals surface area contributed by atoms with Crippen molar-refractivity contribution >= 4 is 0 Å². The molecule has 0 atom stereocenters. The van der Waals surface area contributed by atoms with Crippen LogP contribution in [-0.4, -0.2) is 12.6 Å². The minimum Gasteiger partial charge on any atom is -0.464 e. The van der Waals surface area contributed by atoms with Gasteiger partial charge in [0.25, 0.3) is 0 Å². The Hall–Kier alpha value is -0.800. The standard InChI is InChI=1S/C16H29NO2/c1-12(2)17-10-14-9-15(19-13(14)3)11-18-8-7-16(4,5)6/h9,12,17H,7-8,10-11H2,1-6H3. The monoisotopic (exact) mass is 267 g/mol. The lowest BCUT2D eigenvalue weighted by Crippen LogP contribution is -2.21. The highest BCUT2D eigenvalue weighted by atomic mass is 16.5. The normalized spacial score (nSPS) is 12.4. The zero-order valence-electron chi connectivity index (χ0n) is 13.3. The summed E-state index contributed by atoms with van der Waals surface area (Å²) >= 11 is 0. The van der Waals surface area contributed by atoms with Crippen LogP contribution in [-0.2, 0) is 17.9 Å². The molecule has 0 aliphatic heterocycles. The van der Waals surface area contributed by atoms with Gasteiger partial charge in [0.2, 0.25) is 0 Å². The lowest BCUT2D eigenvalue weighted by Gasteiger charge is -2.17. The molecule has 0 spiro atoms. The van der Waals surface area contributed by atoms with Gasteiger partial charge in [-0.3, -0.25) is 0 Å². The molecule has 0 saturated carbocycles. The first-order chi connectivity index (χ1) is 8.78. The lowest BCUT2D eigenvalue weighted by molar-refractivity contribution is 0.0839. The molecule has 3 heteroatoms. The maximum absolute atomic E-state index is 5.71. The molecule has 0 aliphatic rings. The summed E-state index contributed by atoms with van der Waals surface area (Å²) in [4.78, 5) is 0. The molecule has 3 nitrogen and oxygen atoms in total. The molecule has 1 N–H and O–H groups in total. The van der Waals surface area contributed by atoms with Crippen molar-refractivity contribution in [2.75, 3.05) is 6.61 Å². The summed E-state index contributed by atoms with van der Waals surface area (Å²) in [6, 6.07) is 2.59. The highest BCUT2D eigenvalue weighted by Gasteiger charge is 2.11. The first kappa shape index (κ1) is 16.3. The van der Waals surface area contributed by atoms with Crippen LogP contribution in [0.1, 0.15) is 58.1 Å². The summed E-state index contributed by atoms with van der Waals surface area (Å²) < 4.78 is 11.4. The highest BCUT2D eigenvalue weighted by Crippen LogP contribution is 2.19. The number of hydrogen-bond acceptors (Lipinski definition) is 3. The van der Waals surface area contributed by atoms with Gasteiger partial charge in [-0.1, -0.05) is 34.6 Å². The van der Waals surface area contributed by atoms with Crippen molar-refractivity contribution in [2.24, 2.45) is 5.41 Å². The topological polar surface area (TPSA) is 34.4 Å². The van der Waals surface area contributed by atoms with Gasteiger partial charge in [-0.15, -0.1) is 0 Å². The largest absolute Gasteiger partial charge is 0.464 e. The van der Waals surface area contributed by atoms with Crippen molar-refractivity contribution in [1.82, 2.24) is 5.32 Å². The number of rotatable bonds is 7. The Labute approximate surface area is 117 Å². The Morgan fingerprint density at radius 1 is 1.32 bits per heavy atom. The van der Waals surface area contributed by atoms with Crippen LogP contribution in [0.4, 0.5) is 0 Å². The third-order valence-electron chi connectivity index (χ3n) is 3.01. The molecule has 0 aromatic carbocycles. The van der Waals surface area contributed by atoms with Gasteiger partial charge in [0.1, 0.15) is 18.1 Å². The second-order valence-corrected chi connectivity index (χ2v) is 6.69. The molecule has 0 aliphatic carbocycles. The first-order valence-corrected chi connectivity index (χ1v) is 7.17. The van der Waals surface area contributed by atoms with Crippen LogP contribution in [0.5, 0.6) is 0 Å². The summed E-state index contributed by atoms with van der Waals surface area (Å²) in [6.07, 6.45) is 1.06. The van der Waals surface area contributed by atoms with E-state index in [9.17, 15) is 0 Å². The Bertz CT molecular complexity index is 375. The molecule has 0 radical (unpaired) electrons. The second-order valence-electron chi connectivity index (χ2n) is 6.69. The highest BCUT2D eigenvalue weighted by molar-refractivity contribution is 5.20. The van der Waals surface area contributed by atoms with E-state index in [0.717, 1.165) is 31.1 Å². The van der Waals surface area contributed by atoms with Crippen molar-refractivity contribution in [3.63, 3.8) is 0 Å². The Morgan fingerprint density at radius 2 is 2.00 bits per heavy atom. The van der Waals surface area contributed by atoms with E-state index in [2.05, 4.69) is 46.0 Å². The summed E-state index contributed by atoms with van der Waals surface area (Å²) in [7, 11) is 0. The van der Waals surface area contributed by atoms with Crippen LogP contribution in [0.2, 0.25) is 0 Å². The summed E-state index contributed by atoms with van der Waals surface area (Å²) in [5.74, 6) is 1.91. The van der Waals surface area contributed by atoms with Gasteiger partial charge in [0, 0.05) is 24.8 Å². The van der Waals surface area contributed by atoms with Crippen LogP contribution in [0.15, 0.2) is 10.5 Å². The van der Waals surface area contributed by atoms with E-state index in [4.69, 9.17) is 9.15 Å². The molecule has 110 valence electrons.